The van der Waals surface area contributed by atoms with Crippen molar-refractivity contribution in [3.8, 4) is 5.75 Å². The number of aryl methyl sites for hydroxylation is 1. The second-order valence-corrected chi connectivity index (χ2v) is 12.4. The molecule has 0 aromatic heterocycles. The van der Waals surface area contributed by atoms with Gasteiger partial charge in [0.15, 0.2) is 0 Å². The minimum atomic E-state index is -4.30. The predicted octanol–water partition coefficient (Wildman–Crippen LogP) is 6.10. The third-order valence-electron chi connectivity index (χ3n) is 6.40. The summed E-state index contributed by atoms with van der Waals surface area (Å²) >= 11 is 19.1. The second-order valence-electron chi connectivity index (χ2n) is 9.33. The van der Waals surface area contributed by atoms with Crippen LogP contribution in [-0.4, -0.2) is 51.4 Å². The van der Waals surface area contributed by atoms with Crippen LogP contribution < -0.4 is 14.4 Å². The van der Waals surface area contributed by atoms with E-state index in [2.05, 4.69) is 5.32 Å². The van der Waals surface area contributed by atoms with E-state index in [1.807, 2.05) is 13.8 Å². The summed E-state index contributed by atoms with van der Waals surface area (Å²) in [6.45, 7) is 4.91. The molecule has 41 heavy (non-hydrogen) atoms. The van der Waals surface area contributed by atoms with E-state index in [4.69, 9.17) is 39.5 Å². The van der Waals surface area contributed by atoms with E-state index in [-0.39, 0.29) is 27.9 Å². The molecule has 0 spiro atoms. The van der Waals surface area contributed by atoms with E-state index in [0.717, 1.165) is 9.87 Å². The Bertz CT molecular complexity index is 1480. The molecule has 0 aliphatic rings. The molecule has 0 heterocycles. The fraction of sp³-hybridized carbons (Fsp3) is 0.310. The van der Waals surface area contributed by atoms with Gasteiger partial charge in [-0.25, -0.2) is 8.42 Å². The lowest BCUT2D eigenvalue weighted by Crippen LogP contribution is -2.51. The first kappa shape index (κ1) is 32.5. The molecule has 2 amide bonds. The number of anilines is 1. The second kappa shape index (κ2) is 14.3. The number of carbonyl (C=O) groups is 2. The highest BCUT2D eigenvalue weighted by Crippen LogP contribution is 2.35. The van der Waals surface area contributed by atoms with Crippen LogP contribution in [0.5, 0.6) is 5.75 Å². The zero-order valence-electron chi connectivity index (χ0n) is 23.2. The third-order valence-corrected chi connectivity index (χ3v) is 9.12. The van der Waals surface area contributed by atoms with Crippen molar-refractivity contribution in [1.29, 1.82) is 0 Å². The van der Waals surface area contributed by atoms with Gasteiger partial charge in [0.05, 0.1) is 17.7 Å². The zero-order chi connectivity index (χ0) is 30.3. The molecule has 0 bridgehead atoms. The van der Waals surface area contributed by atoms with Crippen LogP contribution in [0.1, 0.15) is 31.4 Å². The summed E-state index contributed by atoms with van der Waals surface area (Å²) in [5, 5.41) is 3.63. The molecule has 0 aliphatic carbocycles. The molecule has 8 nitrogen and oxygen atoms in total. The van der Waals surface area contributed by atoms with Gasteiger partial charge >= 0.3 is 0 Å². The topological polar surface area (TPSA) is 96.0 Å². The number of nitrogens with one attached hydrogen (secondary N) is 1. The Morgan fingerprint density at radius 2 is 1.63 bits per heavy atom. The van der Waals surface area contributed by atoms with Crippen molar-refractivity contribution in [1.82, 2.24) is 10.2 Å². The van der Waals surface area contributed by atoms with E-state index in [1.165, 1.54) is 36.3 Å². The van der Waals surface area contributed by atoms with Crippen LogP contribution >= 0.6 is 34.8 Å². The quantitative estimate of drug-likeness (QED) is 0.258. The summed E-state index contributed by atoms with van der Waals surface area (Å²) < 4.78 is 34.4. The Morgan fingerprint density at radius 3 is 2.22 bits per heavy atom. The molecular formula is C29H32Cl3N3O5S. The van der Waals surface area contributed by atoms with Gasteiger partial charge in [-0.3, -0.25) is 13.9 Å². The molecule has 1 atom stereocenters. The lowest BCUT2D eigenvalue weighted by atomic mass is 10.1. The van der Waals surface area contributed by atoms with Gasteiger partial charge in [0.2, 0.25) is 11.8 Å². The number of benzene rings is 3. The molecule has 1 N–H and O–H groups in total. The van der Waals surface area contributed by atoms with Crippen molar-refractivity contribution < 1.29 is 22.7 Å². The lowest BCUT2D eigenvalue weighted by molar-refractivity contribution is -0.139. The maximum absolute atomic E-state index is 14.1. The SMILES string of the molecule is CCCNC(=O)C(C)N(Cc1c(Cl)cccc1Cl)C(=O)CN(c1cc(Cl)ccc1OC)S(=O)(=O)c1ccc(C)cc1. The van der Waals surface area contributed by atoms with Crippen molar-refractivity contribution in [2.24, 2.45) is 0 Å². The minimum absolute atomic E-state index is 0.0348. The van der Waals surface area contributed by atoms with Crippen LogP contribution in [0.25, 0.3) is 0 Å². The fourth-order valence-electron chi connectivity index (χ4n) is 4.04. The predicted molar refractivity (Wildman–Crippen MR) is 163 cm³/mol. The summed E-state index contributed by atoms with van der Waals surface area (Å²) in [5.41, 5.74) is 1.35. The normalized spacial score (nSPS) is 12.0. The summed E-state index contributed by atoms with van der Waals surface area (Å²) in [6, 6.07) is 14.6. The first-order chi connectivity index (χ1) is 19.4. The molecule has 12 heteroatoms. The maximum atomic E-state index is 14.1. The van der Waals surface area contributed by atoms with Gasteiger partial charge < -0.3 is 15.0 Å². The van der Waals surface area contributed by atoms with Crippen LogP contribution in [0, 0.1) is 6.92 Å². The number of halogens is 3. The Kier molecular flexibility index (Phi) is 11.3. The van der Waals surface area contributed by atoms with Crippen LogP contribution in [0.4, 0.5) is 5.69 Å². The number of amides is 2. The standard InChI is InChI=1S/C29H32Cl3N3O5S/c1-5-15-33-29(37)20(3)34(17-23-24(31)7-6-8-25(23)32)28(36)18-35(26-16-21(30)11-14-27(26)40-4)41(38,39)22-12-9-19(2)10-13-22/h6-14,16,20H,5,15,17-18H2,1-4H3,(H,33,37). The van der Waals surface area contributed by atoms with E-state index in [0.29, 0.717) is 28.6 Å². The van der Waals surface area contributed by atoms with Gasteiger partial charge in [-0.2, -0.15) is 0 Å². The van der Waals surface area contributed by atoms with E-state index in [1.54, 1.807) is 43.3 Å². The molecular weight excluding hydrogens is 609 g/mol. The lowest BCUT2D eigenvalue weighted by Gasteiger charge is -2.32. The van der Waals surface area contributed by atoms with Gasteiger partial charge in [-0.15, -0.1) is 0 Å². The number of nitrogens with zero attached hydrogens (tertiary/aromatic N) is 2. The van der Waals surface area contributed by atoms with Crippen molar-refractivity contribution in [3.63, 3.8) is 0 Å². The number of sulfonamides is 1. The van der Waals surface area contributed by atoms with Gasteiger partial charge in [0.25, 0.3) is 10.0 Å². The summed E-state index contributed by atoms with van der Waals surface area (Å²) in [7, 11) is -2.92. The van der Waals surface area contributed by atoms with Gasteiger partial charge in [-0.1, -0.05) is 65.5 Å². The first-order valence-corrected chi connectivity index (χ1v) is 15.4. The highest BCUT2D eigenvalue weighted by Gasteiger charge is 2.34. The van der Waals surface area contributed by atoms with E-state index >= 15 is 0 Å². The van der Waals surface area contributed by atoms with Crippen molar-refractivity contribution in [3.05, 3.63) is 86.9 Å². The highest BCUT2D eigenvalue weighted by atomic mass is 35.5. The van der Waals surface area contributed by atoms with Crippen molar-refractivity contribution >= 4 is 62.3 Å². The van der Waals surface area contributed by atoms with Gasteiger partial charge in [0.1, 0.15) is 18.3 Å². The number of hydrogen-bond donors (Lipinski definition) is 1. The molecule has 0 saturated heterocycles. The zero-order valence-corrected chi connectivity index (χ0v) is 26.2. The monoisotopic (exact) mass is 639 g/mol. The summed E-state index contributed by atoms with van der Waals surface area (Å²) in [4.78, 5) is 28.3. The summed E-state index contributed by atoms with van der Waals surface area (Å²) in [6.07, 6.45) is 0.694. The molecule has 0 radical (unpaired) electrons. The van der Waals surface area contributed by atoms with Crippen LogP contribution in [0.2, 0.25) is 15.1 Å². The Balaban J connectivity index is 2.13. The molecule has 0 saturated carbocycles. The molecule has 0 aliphatic heterocycles. The molecule has 1 unspecified atom stereocenters. The molecule has 0 fully saturated rings. The number of carbonyl (C=O) groups excluding carboxylic acids is 2. The molecule has 3 aromatic carbocycles. The number of hydrogen-bond acceptors (Lipinski definition) is 5. The van der Waals surface area contributed by atoms with E-state index < -0.39 is 34.4 Å². The highest BCUT2D eigenvalue weighted by molar-refractivity contribution is 7.92. The molecule has 3 rings (SSSR count). The van der Waals surface area contributed by atoms with Crippen LogP contribution in [0.15, 0.2) is 65.6 Å². The largest absolute Gasteiger partial charge is 0.495 e. The molecule has 220 valence electrons. The first-order valence-electron chi connectivity index (χ1n) is 12.8. The maximum Gasteiger partial charge on any atom is 0.264 e. The fourth-order valence-corrected chi connectivity index (χ4v) is 6.14. The van der Waals surface area contributed by atoms with Crippen LogP contribution in [0.3, 0.4) is 0 Å². The van der Waals surface area contributed by atoms with Crippen LogP contribution in [-0.2, 0) is 26.2 Å². The average Bonchev–Trinajstić information content (AvgIpc) is 2.94. The Morgan fingerprint density at radius 1 is 1.00 bits per heavy atom. The Labute approximate surface area is 256 Å². The minimum Gasteiger partial charge on any atom is -0.495 e. The average molecular weight is 641 g/mol. The molecule has 3 aromatic rings. The third kappa shape index (κ3) is 7.86. The number of methoxy groups -OCH3 is 1. The Hall–Kier alpha value is -2.98. The number of ether oxygens (including phenoxy) is 1. The van der Waals surface area contributed by atoms with E-state index in [9.17, 15) is 18.0 Å². The van der Waals surface area contributed by atoms with Crippen molar-refractivity contribution in [2.45, 2.75) is 44.7 Å². The van der Waals surface area contributed by atoms with Gasteiger partial charge in [-0.05, 0) is 62.7 Å². The van der Waals surface area contributed by atoms with Crippen molar-refractivity contribution in [2.75, 3.05) is 24.5 Å². The summed E-state index contributed by atoms with van der Waals surface area (Å²) in [5.74, 6) is -0.887. The van der Waals surface area contributed by atoms with Gasteiger partial charge in [0, 0.05) is 33.7 Å². The smallest absolute Gasteiger partial charge is 0.264 e. The number of rotatable bonds is 12.